The van der Waals surface area contributed by atoms with Gasteiger partial charge in [0, 0.05) is 11.8 Å². The van der Waals surface area contributed by atoms with Gasteiger partial charge in [-0.25, -0.2) is 9.97 Å². The summed E-state index contributed by atoms with van der Waals surface area (Å²) in [6.07, 6.45) is 1.54. The molecule has 0 bridgehead atoms. The lowest BCUT2D eigenvalue weighted by Gasteiger charge is -2.10. The van der Waals surface area contributed by atoms with Gasteiger partial charge in [-0.2, -0.15) is 13.2 Å². The van der Waals surface area contributed by atoms with Crippen LogP contribution >= 0.6 is 0 Å². The number of alkyl halides is 3. The zero-order chi connectivity index (χ0) is 31.9. The number of imidazole rings is 1. The van der Waals surface area contributed by atoms with Crippen LogP contribution in [0.3, 0.4) is 0 Å². The minimum Gasteiger partial charge on any atom is -0.496 e. The number of pyridine rings is 1. The second-order valence-electron chi connectivity index (χ2n) is 8.84. The van der Waals surface area contributed by atoms with Gasteiger partial charge < -0.3 is 10.5 Å². The maximum Gasteiger partial charge on any atom is 0.393 e. The minimum absolute atomic E-state index is 0.324. The van der Waals surface area contributed by atoms with Crippen molar-refractivity contribution in [3.63, 3.8) is 0 Å². The van der Waals surface area contributed by atoms with E-state index in [0.29, 0.717) is 18.1 Å². The molecular formula is C34H45F3N4O. The lowest BCUT2D eigenvalue weighted by Crippen LogP contribution is -2.11. The zero-order valence-corrected chi connectivity index (χ0v) is 26.1. The Morgan fingerprint density at radius 1 is 1.00 bits per heavy atom. The average molecular weight is 583 g/mol. The normalized spacial score (nSPS) is 10.9. The highest BCUT2D eigenvalue weighted by atomic mass is 19.4. The zero-order valence-electron chi connectivity index (χ0n) is 26.1. The summed E-state index contributed by atoms with van der Waals surface area (Å²) in [5.74, 6) is 1.30. The van der Waals surface area contributed by atoms with Crippen molar-refractivity contribution in [2.24, 2.45) is 0 Å². The summed E-state index contributed by atoms with van der Waals surface area (Å²) in [6, 6.07) is 14.7. The van der Waals surface area contributed by atoms with Gasteiger partial charge in [0.1, 0.15) is 11.3 Å². The first kappa shape index (κ1) is 36.0. The molecule has 2 aromatic carbocycles. The van der Waals surface area contributed by atoms with Crippen LogP contribution in [-0.2, 0) is 19.4 Å². The molecule has 0 atom stereocenters. The molecule has 228 valence electrons. The summed E-state index contributed by atoms with van der Waals surface area (Å²) in [4.78, 5) is 9.04. The van der Waals surface area contributed by atoms with E-state index in [0.717, 1.165) is 51.2 Å². The van der Waals surface area contributed by atoms with Gasteiger partial charge in [-0.15, -0.1) is 0 Å². The number of fused-ring (bicyclic) bond motifs is 1. The molecule has 4 aromatic rings. The third kappa shape index (κ3) is 10.4. The van der Waals surface area contributed by atoms with E-state index in [2.05, 4.69) is 22.6 Å². The molecule has 0 radical (unpaired) electrons. The monoisotopic (exact) mass is 582 g/mol. The number of benzene rings is 2. The lowest BCUT2D eigenvalue weighted by molar-refractivity contribution is -0.127. The van der Waals surface area contributed by atoms with Crippen molar-refractivity contribution >= 4 is 22.7 Å². The van der Waals surface area contributed by atoms with Crippen molar-refractivity contribution in [1.29, 1.82) is 0 Å². The number of methoxy groups -OCH3 is 1. The Bertz CT molecular complexity index is 1420. The van der Waals surface area contributed by atoms with Crippen LogP contribution in [0.15, 0.2) is 73.5 Å². The number of rotatable bonds is 7. The summed E-state index contributed by atoms with van der Waals surface area (Å²) in [5, 5.41) is 0. The van der Waals surface area contributed by atoms with Crippen molar-refractivity contribution in [2.75, 3.05) is 12.8 Å². The molecule has 0 unspecified atom stereocenters. The van der Waals surface area contributed by atoms with Gasteiger partial charge in [-0.05, 0) is 60.2 Å². The molecule has 2 heterocycles. The Labute approximate surface area is 249 Å². The van der Waals surface area contributed by atoms with Gasteiger partial charge in [0.25, 0.3) is 0 Å². The van der Waals surface area contributed by atoms with E-state index in [1.54, 1.807) is 19.2 Å². The summed E-state index contributed by atoms with van der Waals surface area (Å²) >= 11 is 0. The van der Waals surface area contributed by atoms with Crippen LogP contribution in [0.1, 0.15) is 69.4 Å². The molecular weight excluding hydrogens is 537 g/mol. The highest BCUT2D eigenvalue weighted by molar-refractivity contribution is 5.82. The molecule has 0 amide bonds. The molecule has 0 aliphatic rings. The maximum absolute atomic E-state index is 11.9. The van der Waals surface area contributed by atoms with Gasteiger partial charge in [-0.3, -0.25) is 4.57 Å². The van der Waals surface area contributed by atoms with Crippen molar-refractivity contribution < 1.29 is 17.9 Å². The number of aromatic nitrogens is 3. The number of nitrogen functional groups attached to an aromatic ring is 1. The third-order valence-electron chi connectivity index (χ3n) is 6.13. The number of allylic oxidation sites excluding steroid dienone is 3. The summed E-state index contributed by atoms with van der Waals surface area (Å²) in [7, 11) is 1.68. The number of anilines is 1. The number of halogens is 3. The molecule has 8 heteroatoms. The number of hydrogen-bond donors (Lipinski definition) is 1. The first-order valence-electron chi connectivity index (χ1n) is 14.3. The van der Waals surface area contributed by atoms with E-state index in [4.69, 9.17) is 10.5 Å². The second-order valence-corrected chi connectivity index (χ2v) is 8.84. The second kappa shape index (κ2) is 17.7. The van der Waals surface area contributed by atoms with Crippen molar-refractivity contribution in [3.8, 4) is 5.75 Å². The number of nitrogens with two attached hydrogens (primary N) is 1. The number of ether oxygens (including phenoxy) is 1. The summed E-state index contributed by atoms with van der Waals surface area (Å²) < 4.78 is 43.1. The fraction of sp³-hybridized carbons (Fsp3) is 0.353. The van der Waals surface area contributed by atoms with Gasteiger partial charge in [0.2, 0.25) is 5.95 Å². The molecule has 2 N–H and O–H groups in total. The average Bonchev–Trinajstić information content (AvgIpc) is 3.30. The molecule has 0 spiro atoms. The van der Waals surface area contributed by atoms with Crippen LogP contribution in [0.5, 0.6) is 5.75 Å². The van der Waals surface area contributed by atoms with Crippen LogP contribution in [0, 0.1) is 6.92 Å². The molecule has 0 saturated carbocycles. The van der Waals surface area contributed by atoms with Crippen molar-refractivity contribution in [3.05, 3.63) is 101 Å². The molecule has 0 aliphatic heterocycles. The van der Waals surface area contributed by atoms with Crippen LogP contribution in [0.2, 0.25) is 0 Å². The Hall–Kier alpha value is -4.07. The predicted molar refractivity (Wildman–Crippen MR) is 171 cm³/mol. The van der Waals surface area contributed by atoms with Gasteiger partial charge >= 0.3 is 6.18 Å². The van der Waals surface area contributed by atoms with E-state index >= 15 is 0 Å². The van der Waals surface area contributed by atoms with Crippen LogP contribution in [-0.4, -0.2) is 27.8 Å². The number of aryl methyl sites for hydroxylation is 2. The quantitative estimate of drug-likeness (QED) is 0.221. The maximum atomic E-state index is 11.9. The summed E-state index contributed by atoms with van der Waals surface area (Å²) in [6.45, 7) is 18.4. The van der Waals surface area contributed by atoms with E-state index in [1.165, 1.54) is 12.1 Å². The Balaban J connectivity index is 0.000000438. The topological polar surface area (TPSA) is 66.0 Å². The first-order chi connectivity index (χ1) is 20.1. The summed E-state index contributed by atoms with van der Waals surface area (Å²) in [5.41, 5.74) is 13.2. The molecule has 4 rings (SSSR count). The molecule has 0 saturated heterocycles. The lowest BCUT2D eigenvalue weighted by atomic mass is 10.1. The van der Waals surface area contributed by atoms with Crippen molar-refractivity contribution in [1.82, 2.24) is 14.5 Å². The number of nitrogens with zero attached hydrogens (tertiary/aromatic N) is 3. The smallest absolute Gasteiger partial charge is 0.393 e. The van der Waals surface area contributed by atoms with E-state index in [1.807, 2.05) is 89.6 Å². The predicted octanol–water partition coefficient (Wildman–Crippen LogP) is 9.37. The Kier molecular flexibility index (Phi) is 15.1. The largest absolute Gasteiger partial charge is 0.496 e. The molecule has 0 fully saturated rings. The van der Waals surface area contributed by atoms with E-state index < -0.39 is 12.6 Å². The highest BCUT2D eigenvalue weighted by Crippen LogP contribution is 2.25. The fourth-order valence-corrected chi connectivity index (χ4v) is 4.01. The molecule has 2 aromatic heterocycles. The fourth-order valence-electron chi connectivity index (χ4n) is 4.01. The molecule has 0 aliphatic carbocycles. The van der Waals surface area contributed by atoms with Gasteiger partial charge in [0.05, 0.1) is 20.1 Å². The van der Waals surface area contributed by atoms with E-state index in [-0.39, 0.29) is 0 Å². The van der Waals surface area contributed by atoms with Crippen LogP contribution < -0.4 is 10.5 Å². The SMILES string of the molecule is C=C/C(=C\C)c1cnc2c(c1)nc(N)n2Cc1ccc(C)c(OC)c1.CC.CC.CCc1ccc(CC(F)(F)F)cc1. The Morgan fingerprint density at radius 2 is 1.60 bits per heavy atom. The van der Waals surface area contributed by atoms with Crippen LogP contribution in [0.4, 0.5) is 19.1 Å². The van der Waals surface area contributed by atoms with Gasteiger partial charge in [0.15, 0.2) is 5.65 Å². The third-order valence-corrected chi connectivity index (χ3v) is 6.13. The van der Waals surface area contributed by atoms with Gasteiger partial charge in [-0.1, -0.05) is 89.7 Å². The van der Waals surface area contributed by atoms with Crippen LogP contribution in [0.25, 0.3) is 16.7 Å². The highest BCUT2D eigenvalue weighted by Gasteiger charge is 2.27. The van der Waals surface area contributed by atoms with Crippen molar-refractivity contribution in [2.45, 2.75) is 74.0 Å². The first-order valence-corrected chi connectivity index (χ1v) is 14.3. The Morgan fingerprint density at radius 3 is 2.12 bits per heavy atom. The standard InChI is InChI=1S/C20H22N4O.C10H11F3.2C2H6/c1-5-15(6-2)16-10-17-19(22-11-16)24(20(21)23-17)12-14-8-7-13(3)18(9-14)25-4;1-2-8-3-5-9(6-4-8)7-10(11,12)13;2*1-2/h5-11H,1,12H2,2-4H3,(H2,21,23);3-6H,2,7H2,1H3;2*1-2H3/b15-6+;;;. The molecule has 42 heavy (non-hydrogen) atoms. The number of hydrogen-bond acceptors (Lipinski definition) is 4. The van der Waals surface area contributed by atoms with E-state index in [9.17, 15) is 13.2 Å². The minimum atomic E-state index is -4.10. The molecule has 5 nitrogen and oxygen atoms in total.